The Hall–Kier alpha value is -1.23. The van der Waals surface area contributed by atoms with Crippen LogP contribution in [0.4, 0.5) is 0 Å². The third-order valence-electron chi connectivity index (χ3n) is 7.37. The second-order valence-corrected chi connectivity index (χ2v) is 8.84. The number of fused-ring (bicyclic) bond motifs is 1. The summed E-state index contributed by atoms with van der Waals surface area (Å²) in [6, 6.07) is 6.82. The number of ketones is 1. The molecule has 4 atom stereocenters. The Labute approximate surface area is 149 Å². The lowest BCUT2D eigenvalue weighted by molar-refractivity contribution is -0.127. The lowest BCUT2D eigenvalue weighted by Gasteiger charge is -2.58. The van der Waals surface area contributed by atoms with E-state index in [1.54, 1.807) is 0 Å². The molecular formula is C21H28N2O2. The quantitative estimate of drug-likeness (QED) is 0.829. The predicted molar refractivity (Wildman–Crippen MR) is 96.0 cm³/mol. The van der Waals surface area contributed by atoms with Crippen molar-refractivity contribution in [3.8, 4) is 0 Å². The number of likely N-dealkylation sites (tertiary alicyclic amines) is 1. The van der Waals surface area contributed by atoms with Crippen LogP contribution in [0.3, 0.4) is 0 Å². The smallest absolute Gasteiger partial charge is 0.133 e. The average Bonchev–Trinajstić information content (AvgIpc) is 3.40. The molecule has 0 amide bonds. The van der Waals surface area contributed by atoms with Crippen LogP contribution in [0.15, 0.2) is 18.2 Å². The molecule has 2 bridgehead atoms. The summed E-state index contributed by atoms with van der Waals surface area (Å²) in [5.41, 5.74) is 9.19. The summed E-state index contributed by atoms with van der Waals surface area (Å²) in [5.74, 6) is 1.90. The molecule has 2 saturated carbocycles. The summed E-state index contributed by atoms with van der Waals surface area (Å²) in [7, 11) is 0. The first-order valence-electron chi connectivity index (χ1n) is 9.89. The van der Waals surface area contributed by atoms with Gasteiger partial charge in [-0.1, -0.05) is 18.2 Å². The van der Waals surface area contributed by atoms with Gasteiger partial charge in [-0.3, -0.25) is 9.69 Å². The molecule has 4 aliphatic rings. The van der Waals surface area contributed by atoms with Crippen LogP contribution in [-0.4, -0.2) is 34.9 Å². The molecule has 134 valence electrons. The van der Waals surface area contributed by atoms with E-state index in [-0.39, 0.29) is 5.41 Å². The maximum atomic E-state index is 12.4. The summed E-state index contributed by atoms with van der Waals surface area (Å²) in [5, 5.41) is 9.85. The van der Waals surface area contributed by atoms with Gasteiger partial charge in [0.25, 0.3) is 0 Å². The topological polar surface area (TPSA) is 66.6 Å². The molecule has 1 saturated heterocycles. The fraction of sp³-hybridized carbons (Fsp3) is 0.667. The van der Waals surface area contributed by atoms with Crippen LogP contribution >= 0.6 is 0 Å². The standard InChI is InChI=1S/C21H28N2O2/c22-20(25)15-4-3-14-10-19-17-6-5-16(24)11-21(17,18(14)9-15)7-8-23(19)12-13-1-2-13/h3-4,9,13,17,19-20,25H,1-2,5-8,10-12,22H2/t17-,19+,20?,21?/m0/s1. The molecule has 4 nitrogen and oxygen atoms in total. The van der Waals surface area contributed by atoms with Crippen LogP contribution in [0.25, 0.3) is 0 Å². The average molecular weight is 340 g/mol. The number of aliphatic hydroxyl groups is 1. The van der Waals surface area contributed by atoms with E-state index in [2.05, 4.69) is 17.0 Å². The first kappa shape index (κ1) is 16.0. The molecule has 3 fully saturated rings. The van der Waals surface area contributed by atoms with Gasteiger partial charge in [0.15, 0.2) is 0 Å². The molecular weight excluding hydrogens is 312 g/mol. The monoisotopic (exact) mass is 340 g/mol. The Kier molecular flexibility index (Phi) is 3.60. The number of nitrogens with zero attached hydrogens (tertiary/aromatic N) is 1. The molecule has 4 heteroatoms. The zero-order valence-electron chi connectivity index (χ0n) is 14.8. The minimum absolute atomic E-state index is 0.0153. The number of aliphatic hydroxyl groups excluding tert-OH is 1. The van der Waals surface area contributed by atoms with Crippen molar-refractivity contribution < 1.29 is 9.90 Å². The van der Waals surface area contributed by atoms with E-state index < -0.39 is 6.23 Å². The molecule has 2 unspecified atom stereocenters. The van der Waals surface area contributed by atoms with E-state index in [9.17, 15) is 9.90 Å². The van der Waals surface area contributed by atoms with Gasteiger partial charge in [0.1, 0.15) is 12.0 Å². The fourth-order valence-corrected chi connectivity index (χ4v) is 5.97. The van der Waals surface area contributed by atoms with Gasteiger partial charge in [-0.25, -0.2) is 0 Å². The third-order valence-corrected chi connectivity index (χ3v) is 7.37. The van der Waals surface area contributed by atoms with E-state index >= 15 is 0 Å². The van der Waals surface area contributed by atoms with Crippen molar-refractivity contribution in [2.45, 2.75) is 62.6 Å². The first-order valence-corrected chi connectivity index (χ1v) is 9.89. The normalized spacial score (nSPS) is 35.8. The second-order valence-electron chi connectivity index (χ2n) is 8.84. The number of benzene rings is 1. The van der Waals surface area contributed by atoms with Gasteiger partial charge < -0.3 is 10.8 Å². The van der Waals surface area contributed by atoms with Crippen molar-refractivity contribution in [3.05, 3.63) is 34.9 Å². The van der Waals surface area contributed by atoms with Crippen LogP contribution in [0.1, 0.15) is 61.4 Å². The molecule has 25 heavy (non-hydrogen) atoms. The van der Waals surface area contributed by atoms with Crippen molar-refractivity contribution >= 4 is 5.78 Å². The van der Waals surface area contributed by atoms with Crippen LogP contribution in [0.2, 0.25) is 0 Å². The molecule has 3 aliphatic carbocycles. The Morgan fingerprint density at radius 1 is 1.32 bits per heavy atom. The Morgan fingerprint density at radius 2 is 2.16 bits per heavy atom. The zero-order chi connectivity index (χ0) is 17.2. The van der Waals surface area contributed by atoms with Crippen LogP contribution in [0.5, 0.6) is 0 Å². The number of nitrogens with two attached hydrogens (primary N) is 1. The van der Waals surface area contributed by atoms with Crippen molar-refractivity contribution in [2.24, 2.45) is 17.6 Å². The van der Waals surface area contributed by atoms with Gasteiger partial charge in [-0.15, -0.1) is 0 Å². The van der Waals surface area contributed by atoms with Gasteiger partial charge in [-0.2, -0.15) is 0 Å². The highest BCUT2D eigenvalue weighted by atomic mass is 16.3. The lowest BCUT2D eigenvalue weighted by atomic mass is 9.52. The molecule has 1 heterocycles. The van der Waals surface area contributed by atoms with E-state index in [0.717, 1.165) is 43.7 Å². The number of Topliss-reactive ketones (excluding diaryl/α,β-unsaturated/α-hetero) is 1. The number of carbonyl (C=O) groups excluding carboxylic acids is 1. The first-order chi connectivity index (χ1) is 12.1. The predicted octanol–water partition coefficient (Wildman–Crippen LogP) is 2.28. The number of rotatable bonds is 3. The molecule has 0 spiro atoms. The Morgan fingerprint density at radius 3 is 2.92 bits per heavy atom. The van der Waals surface area contributed by atoms with Gasteiger partial charge in [-0.05, 0) is 67.2 Å². The van der Waals surface area contributed by atoms with Gasteiger partial charge >= 0.3 is 0 Å². The third kappa shape index (κ3) is 2.49. The summed E-state index contributed by atoms with van der Waals surface area (Å²) in [6.45, 7) is 2.36. The van der Waals surface area contributed by atoms with Gasteiger partial charge in [0, 0.05) is 30.8 Å². The SMILES string of the molecule is NC(O)c1ccc2c(c1)C13CCN(CC4CC4)[C@H](C2)[C@@H]1CCC(=O)C3. The fourth-order valence-electron chi connectivity index (χ4n) is 5.97. The molecule has 0 radical (unpaired) electrons. The van der Waals surface area contributed by atoms with E-state index in [4.69, 9.17) is 5.73 Å². The second kappa shape index (κ2) is 5.63. The number of piperidine rings is 1. The molecule has 1 aromatic rings. The molecule has 3 N–H and O–H groups in total. The highest BCUT2D eigenvalue weighted by Gasteiger charge is 2.55. The number of hydrogen-bond acceptors (Lipinski definition) is 4. The van der Waals surface area contributed by atoms with Crippen molar-refractivity contribution in [1.82, 2.24) is 4.90 Å². The highest BCUT2D eigenvalue weighted by molar-refractivity contribution is 5.81. The lowest BCUT2D eigenvalue weighted by Crippen LogP contribution is -2.62. The molecule has 5 rings (SSSR count). The van der Waals surface area contributed by atoms with Crippen LogP contribution in [0, 0.1) is 11.8 Å². The van der Waals surface area contributed by atoms with Crippen LogP contribution in [-0.2, 0) is 16.6 Å². The summed E-state index contributed by atoms with van der Waals surface area (Å²) >= 11 is 0. The number of carbonyl (C=O) groups is 1. The molecule has 1 aliphatic heterocycles. The largest absolute Gasteiger partial charge is 0.375 e. The Balaban J connectivity index is 1.59. The van der Waals surface area contributed by atoms with E-state index in [1.807, 2.05) is 6.07 Å². The highest BCUT2D eigenvalue weighted by Crippen LogP contribution is 2.55. The van der Waals surface area contributed by atoms with Gasteiger partial charge in [0.2, 0.25) is 0 Å². The van der Waals surface area contributed by atoms with E-state index in [1.165, 1.54) is 30.5 Å². The Bertz CT molecular complexity index is 712. The molecule has 0 aromatic heterocycles. The maximum Gasteiger partial charge on any atom is 0.133 e. The maximum absolute atomic E-state index is 12.4. The minimum Gasteiger partial charge on any atom is -0.375 e. The zero-order valence-corrected chi connectivity index (χ0v) is 14.8. The van der Waals surface area contributed by atoms with Crippen molar-refractivity contribution in [2.75, 3.05) is 13.1 Å². The van der Waals surface area contributed by atoms with Gasteiger partial charge in [0.05, 0.1) is 0 Å². The van der Waals surface area contributed by atoms with E-state index in [0.29, 0.717) is 24.2 Å². The van der Waals surface area contributed by atoms with Crippen LogP contribution < -0.4 is 5.73 Å². The summed E-state index contributed by atoms with van der Waals surface area (Å²) in [4.78, 5) is 15.2. The summed E-state index contributed by atoms with van der Waals surface area (Å²) in [6.07, 6.45) is 6.47. The van der Waals surface area contributed by atoms with Crippen molar-refractivity contribution in [1.29, 1.82) is 0 Å². The minimum atomic E-state index is -0.938. The van der Waals surface area contributed by atoms with Crippen molar-refractivity contribution in [3.63, 3.8) is 0 Å². The summed E-state index contributed by atoms with van der Waals surface area (Å²) < 4.78 is 0. The molecule has 1 aromatic carbocycles. The number of hydrogen-bond donors (Lipinski definition) is 2.